The van der Waals surface area contributed by atoms with Crippen molar-refractivity contribution in [1.29, 1.82) is 0 Å². The quantitative estimate of drug-likeness (QED) is 0.292. The van der Waals surface area contributed by atoms with Gasteiger partial charge in [0.15, 0.2) is 0 Å². The van der Waals surface area contributed by atoms with Crippen molar-refractivity contribution in [2.45, 2.75) is 19.9 Å². The van der Waals surface area contributed by atoms with E-state index in [1.165, 1.54) is 34.1 Å². The first-order valence-corrected chi connectivity index (χ1v) is 13.2. The molecule has 40 heavy (non-hydrogen) atoms. The van der Waals surface area contributed by atoms with E-state index in [2.05, 4.69) is 25.2 Å². The average molecular weight is 544 g/mol. The van der Waals surface area contributed by atoms with Crippen molar-refractivity contribution < 1.29 is 13.6 Å². The van der Waals surface area contributed by atoms with E-state index < -0.39 is 12.1 Å². The number of benzene rings is 2. The second-order valence-corrected chi connectivity index (χ2v) is 9.58. The molecule has 1 N–H and O–H groups in total. The van der Waals surface area contributed by atoms with Gasteiger partial charge in [0.2, 0.25) is 5.95 Å². The van der Waals surface area contributed by atoms with Gasteiger partial charge in [-0.25, -0.2) is 24.6 Å². The van der Waals surface area contributed by atoms with E-state index >= 15 is 8.78 Å². The van der Waals surface area contributed by atoms with Crippen LogP contribution in [0.2, 0.25) is 0 Å². The van der Waals surface area contributed by atoms with Gasteiger partial charge in [-0.1, -0.05) is 25.1 Å². The Labute approximate surface area is 232 Å². The maximum atomic E-state index is 15.3. The Morgan fingerprint density at radius 3 is 2.40 bits per heavy atom. The molecule has 2 amide bonds. The summed E-state index contributed by atoms with van der Waals surface area (Å²) in [5.41, 5.74) is 3.09. The molecule has 4 aromatic rings. The van der Waals surface area contributed by atoms with E-state index in [-0.39, 0.29) is 11.5 Å². The summed E-state index contributed by atoms with van der Waals surface area (Å²) in [6, 6.07) is 14.9. The lowest BCUT2D eigenvalue weighted by Gasteiger charge is -2.38. The summed E-state index contributed by atoms with van der Waals surface area (Å²) in [6.45, 7) is 6.58. The molecule has 0 saturated carbocycles. The summed E-state index contributed by atoms with van der Waals surface area (Å²) in [7, 11) is 0. The number of anilines is 3. The lowest BCUT2D eigenvalue weighted by atomic mass is 10.1. The second kappa shape index (κ2) is 11.8. The maximum absolute atomic E-state index is 15.3. The summed E-state index contributed by atoms with van der Waals surface area (Å²) in [4.78, 5) is 31.6. The Bertz CT molecular complexity index is 1440. The minimum absolute atomic E-state index is 0.112. The topological polar surface area (TPSA) is 77.5 Å². The van der Waals surface area contributed by atoms with Gasteiger partial charge >= 0.3 is 12.1 Å². The fraction of sp³-hybridized carbons (Fsp3) is 0.267. The monoisotopic (exact) mass is 543 g/mol. The molecule has 0 spiro atoms. The van der Waals surface area contributed by atoms with Crippen molar-refractivity contribution in [3.8, 4) is 11.3 Å². The Morgan fingerprint density at radius 1 is 0.975 bits per heavy atom. The first kappa shape index (κ1) is 27.3. The van der Waals surface area contributed by atoms with E-state index in [1.54, 1.807) is 36.8 Å². The zero-order valence-electron chi connectivity index (χ0n) is 22.5. The number of piperazine rings is 1. The molecular weight excluding hydrogens is 512 g/mol. The molecule has 3 heterocycles. The number of nitrogens with zero attached hydrogens (tertiary/aromatic N) is 6. The molecule has 10 heteroatoms. The minimum Gasteiger partial charge on any atom is -0.307 e. The van der Waals surface area contributed by atoms with Crippen LogP contribution in [0.1, 0.15) is 18.1 Å². The summed E-state index contributed by atoms with van der Waals surface area (Å²) in [5, 5.41) is 2.83. The van der Waals surface area contributed by atoms with E-state index in [9.17, 15) is 4.79 Å². The zero-order chi connectivity index (χ0) is 28.1. The third kappa shape index (κ3) is 5.83. The molecule has 1 fully saturated rings. The van der Waals surface area contributed by atoms with Crippen LogP contribution in [-0.4, -0.2) is 63.5 Å². The van der Waals surface area contributed by atoms with Gasteiger partial charge in [0.05, 0.1) is 11.4 Å². The van der Waals surface area contributed by atoms with Crippen LogP contribution >= 0.6 is 0 Å². The first-order chi connectivity index (χ1) is 19.4. The second-order valence-electron chi connectivity index (χ2n) is 9.58. The lowest BCUT2D eigenvalue weighted by Crippen LogP contribution is -2.52. The van der Waals surface area contributed by atoms with Gasteiger partial charge in [0.1, 0.15) is 0 Å². The number of urea groups is 1. The molecular formula is C30H31F2N7O. The van der Waals surface area contributed by atoms with Gasteiger partial charge in [-0.3, -0.25) is 4.98 Å². The van der Waals surface area contributed by atoms with Gasteiger partial charge in [0, 0.05) is 61.6 Å². The van der Waals surface area contributed by atoms with Gasteiger partial charge < -0.3 is 10.2 Å². The van der Waals surface area contributed by atoms with Crippen LogP contribution < -0.4 is 10.2 Å². The summed E-state index contributed by atoms with van der Waals surface area (Å²) < 4.78 is 30.5. The van der Waals surface area contributed by atoms with Crippen LogP contribution in [0, 0.1) is 6.92 Å². The normalized spacial score (nSPS) is 14.6. The number of alkyl halides is 2. The number of amides is 2. The van der Waals surface area contributed by atoms with Crippen LogP contribution in [0.25, 0.3) is 11.3 Å². The van der Waals surface area contributed by atoms with Crippen molar-refractivity contribution in [3.63, 3.8) is 0 Å². The van der Waals surface area contributed by atoms with Gasteiger partial charge in [-0.15, -0.1) is 0 Å². The summed E-state index contributed by atoms with van der Waals surface area (Å²) in [5.74, 6) is 0.169. The van der Waals surface area contributed by atoms with Crippen molar-refractivity contribution in [1.82, 2.24) is 24.8 Å². The molecule has 0 bridgehead atoms. The number of halogens is 2. The zero-order valence-corrected chi connectivity index (χ0v) is 22.5. The van der Waals surface area contributed by atoms with E-state index in [0.29, 0.717) is 43.2 Å². The Morgan fingerprint density at radius 2 is 1.73 bits per heavy atom. The number of rotatable bonds is 7. The predicted molar refractivity (Wildman–Crippen MR) is 152 cm³/mol. The smallest absolute Gasteiger partial charge is 0.307 e. The van der Waals surface area contributed by atoms with Gasteiger partial charge in [0.25, 0.3) is 0 Å². The molecule has 2 aromatic heterocycles. The molecule has 2 aromatic carbocycles. The van der Waals surface area contributed by atoms with E-state index in [4.69, 9.17) is 0 Å². The Kier molecular flexibility index (Phi) is 8.09. The number of hydrogen-bond acceptors (Lipinski definition) is 6. The number of carbonyl (C=O) groups excluding carboxylic acids is 1. The minimum atomic E-state index is -3.10. The van der Waals surface area contributed by atoms with E-state index in [1.807, 2.05) is 38.1 Å². The van der Waals surface area contributed by atoms with Gasteiger partial charge in [-0.2, -0.15) is 8.78 Å². The lowest BCUT2D eigenvalue weighted by molar-refractivity contribution is -0.167. The molecule has 1 aliphatic rings. The number of para-hydroxylation sites is 1. The Hall–Kier alpha value is -4.28. The van der Waals surface area contributed by atoms with Crippen molar-refractivity contribution >= 4 is 23.4 Å². The van der Waals surface area contributed by atoms with Crippen molar-refractivity contribution in [2.75, 3.05) is 42.9 Å². The molecule has 0 radical (unpaired) electrons. The maximum Gasteiger partial charge on any atom is 0.333 e. The fourth-order valence-electron chi connectivity index (χ4n) is 4.71. The molecule has 5 rings (SSSR count). The summed E-state index contributed by atoms with van der Waals surface area (Å²) in [6.07, 6.45) is 4.94. The average Bonchev–Trinajstić information content (AvgIpc) is 2.99. The van der Waals surface area contributed by atoms with Crippen LogP contribution in [0.3, 0.4) is 0 Å². The van der Waals surface area contributed by atoms with Gasteiger partial charge in [-0.05, 0) is 67.6 Å². The first-order valence-electron chi connectivity index (χ1n) is 13.2. The summed E-state index contributed by atoms with van der Waals surface area (Å²) >= 11 is 0. The third-order valence-electron chi connectivity index (χ3n) is 7.06. The highest BCUT2D eigenvalue weighted by molar-refractivity contribution is 6.06. The number of carbonyl (C=O) groups is 1. The molecule has 1 saturated heterocycles. The van der Waals surface area contributed by atoms with E-state index in [0.717, 1.165) is 17.7 Å². The number of aromatic nitrogens is 3. The third-order valence-corrected chi connectivity index (χ3v) is 7.06. The van der Waals surface area contributed by atoms with Crippen molar-refractivity contribution in [2.24, 2.45) is 0 Å². The molecule has 0 unspecified atom stereocenters. The SMILES string of the molecule is CCN1CCN(C(F)(F)c2ccc(NC(=O)N(c3nccc(-c4cccnc4)n3)c3ccccc3C)cc2)CC1. The highest BCUT2D eigenvalue weighted by Crippen LogP contribution is 2.34. The van der Waals surface area contributed by atoms with Crippen molar-refractivity contribution in [3.05, 3.63) is 96.4 Å². The fourth-order valence-corrected chi connectivity index (χ4v) is 4.71. The number of hydrogen-bond donors (Lipinski definition) is 1. The van der Waals surface area contributed by atoms with Crippen LogP contribution in [0.5, 0.6) is 0 Å². The highest BCUT2D eigenvalue weighted by atomic mass is 19.3. The largest absolute Gasteiger partial charge is 0.333 e. The number of pyridine rings is 1. The standard InChI is InChI=1S/C30H31F2N7O/c1-3-37-17-19-38(20-18-37)30(31,32)24-10-12-25(13-11-24)35-29(40)39(27-9-5-4-7-22(27)2)28-34-16-14-26(36-28)23-8-6-15-33-21-23/h4-16,21H,3,17-20H2,1-2H3,(H,35,40). The molecule has 1 aliphatic heterocycles. The molecule has 206 valence electrons. The van der Waals surface area contributed by atoms with Crippen LogP contribution in [0.4, 0.5) is 30.9 Å². The van der Waals surface area contributed by atoms with Crippen LogP contribution in [0.15, 0.2) is 85.3 Å². The highest BCUT2D eigenvalue weighted by Gasteiger charge is 2.40. The number of aryl methyl sites for hydroxylation is 1. The number of nitrogens with one attached hydrogen (secondary N) is 1. The molecule has 0 atom stereocenters. The number of likely N-dealkylation sites (N-methyl/N-ethyl adjacent to an activating group) is 1. The Balaban J connectivity index is 1.39. The van der Waals surface area contributed by atoms with Crippen LogP contribution in [-0.2, 0) is 6.05 Å². The molecule has 8 nitrogen and oxygen atoms in total. The molecule has 0 aliphatic carbocycles. The predicted octanol–water partition coefficient (Wildman–Crippen LogP) is 5.90.